The summed E-state index contributed by atoms with van der Waals surface area (Å²) >= 11 is 0. The first-order valence-electron chi connectivity index (χ1n) is 11.7. The summed E-state index contributed by atoms with van der Waals surface area (Å²) in [5.74, 6) is -1.02. The Morgan fingerprint density at radius 1 is 1.09 bits per heavy atom. The van der Waals surface area contributed by atoms with E-state index in [-0.39, 0.29) is 24.1 Å². The number of carbonyl (C=O) groups is 1. The Balaban J connectivity index is 1.86. The first kappa shape index (κ1) is 24.1. The Bertz CT molecular complexity index is 1350. The number of fused-ring (bicyclic) bond motifs is 1. The molecule has 1 aromatic heterocycles. The Morgan fingerprint density at radius 2 is 1.86 bits per heavy atom. The molecule has 0 aliphatic carbocycles. The molecule has 2 atom stereocenters. The van der Waals surface area contributed by atoms with Crippen LogP contribution in [-0.4, -0.2) is 21.4 Å². The van der Waals surface area contributed by atoms with E-state index in [0.29, 0.717) is 17.5 Å². The van der Waals surface area contributed by atoms with Crippen molar-refractivity contribution in [1.29, 1.82) is 0 Å². The Hall–Kier alpha value is -4.00. The standard InChI is InChI=1S/C28H28FN3O3/c1-3-19(2)30-28(33)16-24(21-10-7-11-22(29)14-21)26-18-31(17-20-8-5-4-6-9-20)27-13-12-23(32(34)35)15-25(26)27/h4-15,18-19,24H,3,16-17H2,1-2H3,(H,30,33)/t19-,24+/m1/s1. The molecule has 35 heavy (non-hydrogen) atoms. The van der Waals surface area contributed by atoms with Crippen LogP contribution in [0.15, 0.2) is 79.0 Å². The normalized spacial score (nSPS) is 12.9. The van der Waals surface area contributed by atoms with Gasteiger partial charge in [-0.1, -0.05) is 49.4 Å². The van der Waals surface area contributed by atoms with Crippen LogP contribution in [0.1, 0.15) is 49.3 Å². The molecule has 0 spiro atoms. The van der Waals surface area contributed by atoms with Crippen molar-refractivity contribution in [3.63, 3.8) is 0 Å². The molecule has 1 heterocycles. The minimum absolute atomic E-state index is 0.0103. The molecule has 7 heteroatoms. The Kier molecular flexibility index (Phi) is 7.25. The zero-order chi connectivity index (χ0) is 24.9. The van der Waals surface area contributed by atoms with E-state index in [9.17, 15) is 19.3 Å². The van der Waals surface area contributed by atoms with Crippen LogP contribution in [0.2, 0.25) is 0 Å². The second-order valence-corrected chi connectivity index (χ2v) is 8.85. The third-order valence-electron chi connectivity index (χ3n) is 6.34. The highest BCUT2D eigenvalue weighted by molar-refractivity contribution is 5.88. The molecule has 1 N–H and O–H groups in total. The van der Waals surface area contributed by atoms with E-state index in [1.54, 1.807) is 24.3 Å². The van der Waals surface area contributed by atoms with Crippen molar-refractivity contribution in [2.24, 2.45) is 0 Å². The smallest absolute Gasteiger partial charge is 0.270 e. The van der Waals surface area contributed by atoms with Gasteiger partial charge in [0.25, 0.3) is 5.69 Å². The number of halogens is 1. The van der Waals surface area contributed by atoms with Crippen LogP contribution in [0.25, 0.3) is 10.9 Å². The summed E-state index contributed by atoms with van der Waals surface area (Å²) < 4.78 is 16.3. The average Bonchev–Trinajstić information content (AvgIpc) is 3.20. The topological polar surface area (TPSA) is 77.2 Å². The van der Waals surface area contributed by atoms with Gasteiger partial charge in [-0.25, -0.2) is 4.39 Å². The number of nitrogens with zero attached hydrogens (tertiary/aromatic N) is 2. The van der Waals surface area contributed by atoms with Crippen LogP contribution in [0, 0.1) is 15.9 Å². The van der Waals surface area contributed by atoms with E-state index >= 15 is 0 Å². The van der Waals surface area contributed by atoms with Gasteiger partial charge in [-0.2, -0.15) is 0 Å². The highest BCUT2D eigenvalue weighted by Gasteiger charge is 2.25. The first-order chi connectivity index (χ1) is 16.9. The van der Waals surface area contributed by atoms with Crippen LogP contribution >= 0.6 is 0 Å². The van der Waals surface area contributed by atoms with Crippen LogP contribution in [-0.2, 0) is 11.3 Å². The SMILES string of the molecule is CC[C@@H](C)NC(=O)C[C@@H](c1cccc(F)c1)c1cn(Cc2ccccc2)c2ccc([N+](=O)[O-])cc12. The van der Waals surface area contributed by atoms with E-state index < -0.39 is 16.7 Å². The quantitative estimate of drug-likeness (QED) is 0.233. The molecule has 1 amide bonds. The molecule has 0 unspecified atom stereocenters. The van der Waals surface area contributed by atoms with Crippen molar-refractivity contribution in [3.05, 3.63) is 112 Å². The van der Waals surface area contributed by atoms with Crippen molar-refractivity contribution < 1.29 is 14.1 Å². The molecule has 4 rings (SSSR count). The zero-order valence-corrected chi connectivity index (χ0v) is 19.8. The number of benzene rings is 3. The van der Waals surface area contributed by atoms with Gasteiger partial charge in [0, 0.05) is 54.2 Å². The lowest BCUT2D eigenvalue weighted by molar-refractivity contribution is -0.384. The maximum Gasteiger partial charge on any atom is 0.270 e. The second-order valence-electron chi connectivity index (χ2n) is 8.85. The van der Waals surface area contributed by atoms with E-state index in [0.717, 1.165) is 23.1 Å². The summed E-state index contributed by atoms with van der Waals surface area (Å²) in [5.41, 5.74) is 3.27. The summed E-state index contributed by atoms with van der Waals surface area (Å²) in [5, 5.41) is 15.2. The number of amides is 1. The second kappa shape index (κ2) is 10.5. The predicted molar refractivity (Wildman–Crippen MR) is 135 cm³/mol. The first-order valence-corrected chi connectivity index (χ1v) is 11.7. The van der Waals surface area contributed by atoms with E-state index in [1.807, 2.05) is 54.9 Å². The lowest BCUT2D eigenvalue weighted by atomic mass is 9.87. The number of nitrogens with one attached hydrogen (secondary N) is 1. The van der Waals surface area contributed by atoms with Gasteiger partial charge < -0.3 is 9.88 Å². The molecular weight excluding hydrogens is 445 g/mol. The van der Waals surface area contributed by atoms with Crippen LogP contribution in [0.3, 0.4) is 0 Å². The van der Waals surface area contributed by atoms with Crippen LogP contribution in [0.5, 0.6) is 0 Å². The fourth-order valence-electron chi connectivity index (χ4n) is 4.37. The number of carbonyl (C=O) groups excluding carboxylic acids is 1. The van der Waals surface area contributed by atoms with Crippen molar-refractivity contribution in [2.45, 2.75) is 45.2 Å². The van der Waals surface area contributed by atoms with Gasteiger partial charge in [-0.3, -0.25) is 14.9 Å². The fourth-order valence-corrected chi connectivity index (χ4v) is 4.37. The predicted octanol–water partition coefficient (Wildman–Crippen LogP) is 6.17. The minimum Gasteiger partial charge on any atom is -0.354 e. The van der Waals surface area contributed by atoms with E-state index in [1.165, 1.54) is 18.2 Å². The van der Waals surface area contributed by atoms with Crippen molar-refractivity contribution in [3.8, 4) is 0 Å². The summed E-state index contributed by atoms with van der Waals surface area (Å²) in [6.45, 7) is 4.49. The van der Waals surface area contributed by atoms with Gasteiger partial charge in [0.2, 0.25) is 5.91 Å². The van der Waals surface area contributed by atoms with Crippen LogP contribution in [0.4, 0.5) is 10.1 Å². The number of non-ortho nitro benzene ring substituents is 1. The summed E-state index contributed by atoms with van der Waals surface area (Å²) in [6, 6.07) is 20.9. The fraction of sp³-hybridized carbons (Fsp3) is 0.250. The number of rotatable bonds is 9. The van der Waals surface area contributed by atoms with Gasteiger partial charge in [0.05, 0.1) is 4.92 Å². The van der Waals surface area contributed by atoms with Crippen molar-refractivity contribution in [1.82, 2.24) is 9.88 Å². The van der Waals surface area contributed by atoms with E-state index in [2.05, 4.69) is 5.32 Å². The third-order valence-corrected chi connectivity index (χ3v) is 6.34. The Morgan fingerprint density at radius 3 is 2.54 bits per heavy atom. The number of aromatic nitrogens is 1. The van der Waals surface area contributed by atoms with Crippen molar-refractivity contribution >= 4 is 22.5 Å². The molecule has 0 radical (unpaired) electrons. The van der Waals surface area contributed by atoms with Gasteiger partial charge in [0.1, 0.15) is 5.82 Å². The summed E-state index contributed by atoms with van der Waals surface area (Å²) in [7, 11) is 0. The molecule has 0 saturated carbocycles. The van der Waals surface area contributed by atoms with Gasteiger partial charge >= 0.3 is 0 Å². The van der Waals surface area contributed by atoms with Gasteiger partial charge in [-0.05, 0) is 48.2 Å². The van der Waals surface area contributed by atoms with Crippen LogP contribution < -0.4 is 5.32 Å². The number of hydrogen-bond acceptors (Lipinski definition) is 3. The summed E-state index contributed by atoms with van der Waals surface area (Å²) in [6.07, 6.45) is 2.83. The molecule has 0 bridgehead atoms. The Labute approximate surface area is 203 Å². The number of hydrogen-bond donors (Lipinski definition) is 1. The molecule has 6 nitrogen and oxygen atoms in total. The van der Waals surface area contributed by atoms with Gasteiger partial charge in [-0.15, -0.1) is 0 Å². The maximum atomic E-state index is 14.2. The molecule has 0 saturated heterocycles. The third kappa shape index (κ3) is 5.57. The van der Waals surface area contributed by atoms with Gasteiger partial charge in [0.15, 0.2) is 0 Å². The number of nitro groups is 1. The molecule has 0 aliphatic rings. The van der Waals surface area contributed by atoms with E-state index in [4.69, 9.17) is 0 Å². The van der Waals surface area contributed by atoms with Crippen molar-refractivity contribution in [2.75, 3.05) is 0 Å². The number of nitro benzene ring substituents is 1. The molecule has 0 aliphatic heterocycles. The average molecular weight is 474 g/mol. The highest BCUT2D eigenvalue weighted by Crippen LogP contribution is 2.37. The lowest BCUT2D eigenvalue weighted by Crippen LogP contribution is -2.33. The lowest BCUT2D eigenvalue weighted by Gasteiger charge is -2.19. The highest BCUT2D eigenvalue weighted by atomic mass is 19.1. The zero-order valence-electron chi connectivity index (χ0n) is 19.8. The molecular formula is C28H28FN3O3. The maximum absolute atomic E-state index is 14.2. The molecule has 180 valence electrons. The molecule has 4 aromatic rings. The molecule has 3 aromatic carbocycles. The minimum atomic E-state index is -0.476. The summed E-state index contributed by atoms with van der Waals surface area (Å²) in [4.78, 5) is 24.1. The largest absolute Gasteiger partial charge is 0.354 e. The monoisotopic (exact) mass is 473 g/mol. The molecule has 0 fully saturated rings.